The van der Waals surface area contributed by atoms with Crippen LogP contribution in [0, 0.1) is 0 Å². The van der Waals surface area contributed by atoms with Gasteiger partial charge in [0.25, 0.3) is 0 Å². The number of hydrogen-bond donors (Lipinski definition) is 3. The molecule has 1 unspecified atom stereocenters. The Labute approximate surface area is 117 Å². The zero-order valence-corrected chi connectivity index (χ0v) is 11.5. The molecule has 1 aromatic heterocycles. The van der Waals surface area contributed by atoms with E-state index in [1.807, 2.05) is 19.1 Å². The van der Waals surface area contributed by atoms with Gasteiger partial charge in [-0.2, -0.15) is 0 Å². The molecule has 1 rings (SSSR count). The Morgan fingerprint density at radius 2 is 2.20 bits per heavy atom. The van der Waals surface area contributed by atoms with E-state index in [-0.39, 0.29) is 6.54 Å². The van der Waals surface area contributed by atoms with Crippen LogP contribution in [0.4, 0.5) is 4.79 Å². The lowest BCUT2D eigenvalue weighted by molar-refractivity contribution is -0.147. The van der Waals surface area contributed by atoms with Crippen molar-refractivity contribution in [3.05, 3.63) is 29.6 Å². The third-order valence-corrected chi connectivity index (χ3v) is 2.79. The lowest BCUT2D eigenvalue weighted by Gasteiger charge is -2.13. The summed E-state index contributed by atoms with van der Waals surface area (Å²) in [5, 5.41) is 13.8. The number of aliphatic carboxylic acids is 1. The van der Waals surface area contributed by atoms with Crippen LogP contribution < -0.4 is 10.6 Å². The zero-order chi connectivity index (χ0) is 15.0. The molecule has 0 saturated heterocycles. The van der Waals surface area contributed by atoms with Crippen molar-refractivity contribution < 1.29 is 19.4 Å². The van der Waals surface area contributed by atoms with Gasteiger partial charge in [-0.3, -0.25) is 4.98 Å². The van der Waals surface area contributed by atoms with E-state index in [0.717, 1.165) is 17.7 Å². The van der Waals surface area contributed by atoms with E-state index >= 15 is 0 Å². The SMILES string of the molecule is CCc1cccnc1CNC(=O)NCC(OC)C(=O)O. The van der Waals surface area contributed by atoms with Crippen LogP contribution in [0.3, 0.4) is 0 Å². The first-order valence-electron chi connectivity index (χ1n) is 6.28. The van der Waals surface area contributed by atoms with E-state index in [1.54, 1.807) is 6.20 Å². The summed E-state index contributed by atoms with van der Waals surface area (Å²) in [4.78, 5) is 26.5. The minimum atomic E-state index is -1.12. The summed E-state index contributed by atoms with van der Waals surface area (Å²) in [6.07, 6.45) is 1.44. The topological polar surface area (TPSA) is 101 Å². The van der Waals surface area contributed by atoms with E-state index in [2.05, 4.69) is 15.6 Å². The molecule has 0 aliphatic heterocycles. The van der Waals surface area contributed by atoms with Gasteiger partial charge >= 0.3 is 12.0 Å². The Morgan fingerprint density at radius 1 is 1.45 bits per heavy atom. The fourth-order valence-electron chi connectivity index (χ4n) is 1.64. The number of urea groups is 1. The highest BCUT2D eigenvalue weighted by Gasteiger charge is 2.17. The van der Waals surface area contributed by atoms with Gasteiger partial charge in [-0.1, -0.05) is 13.0 Å². The molecule has 3 N–H and O–H groups in total. The third-order valence-electron chi connectivity index (χ3n) is 2.79. The normalized spacial score (nSPS) is 11.7. The zero-order valence-electron chi connectivity index (χ0n) is 11.5. The number of amides is 2. The maximum Gasteiger partial charge on any atom is 0.334 e. The van der Waals surface area contributed by atoms with E-state index < -0.39 is 18.1 Å². The molecule has 0 spiro atoms. The van der Waals surface area contributed by atoms with E-state index in [0.29, 0.717) is 6.54 Å². The van der Waals surface area contributed by atoms with Crippen molar-refractivity contribution in [3.63, 3.8) is 0 Å². The number of carboxylic acid groups (broad SMARTS) is 1. The first-order valence-corrected chi connectivity index (χ1v) is 6.28. The van der Waals surface area contributed by atoms with Crippen molar-refractivity contribution in [2.75, 3.05) is 13.7 Å². The standard InChI is InChI=1S/C13H19N3O4/c1-3-9-5-4-6-14-10(9)7-15-13(19)16-8-11(20-2)12(17)18/h4-6,11H,3,7-8H2,1-2H3,(H,17,18)(H2,15,16,19). The molecule has 1 heterocycles. The molecule has 0 fully saturated rings. The highest BCUT2D eigenvalue weighted by molar-refractivity contribution is 5.76. The number of hydrogen-bond acceptors (Lipinski definition) is 4. The summed E-state index contributed by atoms with van der Waals surface area (Å²) in [7, 11) is 1.28. The number of pyridine rings is 1. The van der Waals surface area contributed by atoms with Crippen LogP contribution in [-0.2, 0) is 22.5 Å². The molecule has 0 aliphatic rings. The van der Waals surface area contributed by atoms with Gasteiger partial charge in [0, 0.05) is 13.3 Å². The van der Waals surface area contributed by atoms with E-state index in [9.17, 15) is 9.59 Å². The van der Waals surface area contributed by atoms with Gasteiger partial charge in [-0.15, -0.1) is 0 Å². The van der Waals surface area contributed by atoms with Crippen LogP contribution in [0.25, 0.3) is 0 Å². The van der Waals surface area contributed by atoms with Crippen molar-refractivity contribution in [1.29, 1.82) is 0 Å². The van der Waals surface area contributed by atoms with Crippen LogP contribution >= 0.6 is 0 Å². The van der Waals surface area contributed by atoms with Crippen LogP contribution in [0.15, 0.2) is 18.3 Å². The second-order valence-electron chi connectivity index (χ2n) is 4.09. The number of methoxy groups -OCH3 is 1. The van der Waals surface area contributed by atoms with Gasteiger partial charge in [0.15, 0.2) is 6.10 Å². The lowest BCUT2D eigenvalue weighted by Crippen LogP contribution is -2.42. The predicted octanol–water partition coefficient (Wildman–Crippen LogP) is 0.543. The van der Waals surface area contributed by atoms with Crippen LogP contribution in [-0.4, -0.2) is 41.8 Å². The van der Waals surface area contributed by atoms with Crippen LogP contribution in [0.1, 0.15) is 18.2 Å². The monoisotopic (exact) mass is 281 g/mol. The number of nitrogens with zero attached hydrogens (tertiary/aromatic N) is 1. The lowest BCUT2D eigenvalue weighted by atomic mass is 10.1. The minimum absolute atomic E-state index is 0.0967. The molecule has 0 radical (unpaired) electrons. The molecule has 110 valence electrons. The molecule has 0 aliphatic carbocycles. The fourth-order valence-corrected chi connectivity index (χ4v) is 1.64. The maximum atomic E-state index is 11.6. The molecule has 0 aromatic carbocycles. The number of aryl methyl sites for hydroxylation is 1. The molecule has 2 amide bonds. The number of ether oxygens (including phenoxy) is 1. The van der Waals surface area contributed by atoms with Gasteiger partial charge < -0.3 is 20.5 Å². The van der Waals surface area contributed by atoms with Crippen LogP contribution in [0.5, 0.6) is 0 Å². The smallest absolute Gasteiger partial charge is 0.334 e. The highest BCUT2D eigenvalue weighted by Crippen LogP contribution is 2.05. The molecule has 20 heavy (non-hydrogen) atoms. The summed E-state index contributed by atoms with van der Waals surface area (Å²) in [6, 6.07) is 3.34. The first kappa shape index (κ1) is 15.9. The Hall–Kier alpha value is -2.15. The number of carboxylic acids is 1. The summed E-state index contributed by atoms with van der Waals surface area (Å²) < 4.78 is 4.71. The van der Waals surface area contributed by atoms with Gasteiger partial charge in [0.2, 0.25) is 0 Å². The number of carbonyl (C=O) groups excluding carboxylic acids is 1. The fraction of sp³-hybridized carbons (Fsp3) is 0.462. The second-order valence-corrected chi connectivity index (χ2v) is 4.09. The largest absolute Gasteiger partial charge is 0.479 e. The van der Waals surface area contributed by atoms with Gasteiger partial charge in [0.1, 0.15) is 0 Å². The number of aromatic nitrogens is 1. The van der Waals surface area contributed by atoms with E-state index in [1.165, 1.54) is 7.11 Å². The van der Waals surface area contributed by atoms with Gasteiger partial charge in [0.05, 0.1) is 18.8 Å². The van der Waals surface area contributed by atoms with Crippen molar-refractivity contribution in [2.24, 2.45) is 0 Å². The van der Waals surface area contributed by atoms with Crippen molar-refractivity contribution in [1.82, 2.24) is 15.6 Å². The number of nitrogens with one attached hydrogen (secondary N) is 2. The molecule has 1 atom stereocenters. The third kappa shape index (κ3) is 4.85. The Morgan fingerprint density at radius 3 is 2.80 bits per heavy atom. The van der Waals surface area contributed by atoms with Crippen molar-refractivity contribution in [2.45, 2.75) is 26.0 Å². The minimum Gasteiger partial charge on any atom is -0.479 e. The number of rotatable bonds is 7. The second kappa shape index (κ2) is 8.11. The predicted molar refractivity (Wildman–Crippen MR) is 72.3 cm³/mol. The van der Waals surface area contributed by atoms with Gasteiger partial charge in [-0.25, -0.2) is 9.59 Å². The average Bonchev–Trinajstić information content (AvgIpc) is 2.45. The molecule has 7 heteroatoms. The summed E-state index contributed by atoms with van der Waals surface area (Å²) in [5.41, 5.74) is 1.86. The molecular weight excluding hydrogens is 262 g/mol. The average molecular weight is 281 g/mol. The number of carbonyl (C=O) groups is 2. The highest BCUT2D eigenvalue weighted by atomic mass is 16.5. The van der Waals surface area contributed by atoms with Crippen molar-refractivity contribution in [3.8, 4) is 0 Å². The Bertz CT molecular complexity index is 465. The van der Waals surface area contributed by atoms with E-state index in [4.69, 9.17) is 9.84 Å². The molecule has 0 bridgehead atoms. The molecule has 7 nitrogen and oxygen atoms in total. The van der Waals surface area contributed by atoms with Gasteiger partial charge in [-0.05, 0) is 18.1 Å². The quantitative estimate of drug-likeness (QED) is 0.677. The molecule has 0 saturated carbocycles. The summed E-state index contributed by atoms with van der Waals surface area (Å²) in [5.74, 6) is -1.12. The maximum absolute atomic E-state index is 11.6. The molecular formula is C13H19N3O4. The van der Waals surface area contributed by atoms with Crippen molar-refractivity contribution >= 4 is 12.0 Å². The summed E-state index contributed by atoms with van der Waals surface area (Å²) in [6.45, 7) is 2.21. The summed E-state index contributed by atoms with van der Waals surface area (Å²) >= 11 is 0. The van der Waals surface area contributed by atoms with Crippen LogP contribution in [0.2, 0.25) is 0 Å². The Balaban J connectivity index is 2.42. The first-order chi connectivity index (χ1) is 9.58. The Kier molecular flexibility index (Phi) is 6.45. The molecule has 1 aromatic rings.